The van der Waals surface area contributed by atoms with Gasteiger partial charge in [0.15, 0.2) is 5.78 Å². The molecule has 1 aromatic rings. The number of hydrogen-bond acceptors (Lipinski definition) is 3. The molecule has 0 bridgehead atoms. The second-order valence-electron chi connectivity index (χ2n) is 4.79. The Labute approximate surface area is 107 Å². The molecule has 18 heavy (non-hydrogen) atoms. The highest BCUT2D eigenvalue weighted by Gasteiger charge is 2.31. The zero-order chi connectivity index (χ0) is 13.1. The van der Waals surface area contributed by atoms with Crippen molar-refractivity contribution < 1.29 is 9.59 Å². The maximum absolute atomic E-state index is 12.0. The molecule has 0 heterocycles. The van der Waals surface area contributed by atoms with Crippen molar-refractivity contribution in [1.29, 1.82) is 0 Å². The number of benzene rings is 1. The average molecular weight is 246 g/mol. The van der Waals surface area contributed by atoms with Gasteiger partial charge in [0.05, 0.1) is 0 Å². The van der Waals surface area contributed by atoms with E-state index < -0.39 is 0 Å². The molecular weight excluding hydrogens is 228 g/mol. The summed E-state index contributed by atoms with van der Waals surface area (Å²) in [5.74, 6) is 0.419. The van der Waals surface area contributed by atoms with Crippen LogP contribution in [-0.4, -0.2) is 24.3 Å². The van der Waals surface area contributed by atoms with Gasteiger partial charge in [-0.25, -0.2) is 0 Å². The standard InChI is InChI=1S/C14H18N2O2/c1-9(17)10-2-6-12(7-3-10)14(18)16-13(8-15)11-4-5-11/h2-3,6-7,11,13H,4-5,8,15H2,1H3,(H,16,18). The van der Waals surface area contributed by atoms with Gasteiger partial charge in [-0.3, -0.25) is 9.59 Å². The van der Waals surface area contributed by atoms with Gasteiger partial charge in [-0.2, -0.15) is 0 Å². The Morgan fingerprint density at radius 3 is 2.28 bits per heavy atom. The van der Waals surface area contributed by atoms with Crippen LogP contribution in [0.4, 0.5) is 0 Å². The Hall–Kier alpha value is -1.68. The van der Waals surface area contributed by atoms with Crippen molar-refractivity contribution in [2.24, 2.45) is 11.7 Å². The van der Waals surface area contributed by atoms with Gasteiger partial charge in [0.1, 0.15) is 0 Å². The molecule has 1 unspecified atom stereocenters. The van der Waals surface area contributed by atoms with E-state index in [2.05, 4.69) is 5.32 Å². The predicted molar refractivity (Wildman–Crippen MR) is 69.5 cm³/mol. The molecule has 1 atom stereocenters. The molecule has 1 saturated carbocycles. The third-order valence-corrected chi connectivity index (χ3v) is 3.32. The highest BCUT2D eigenvalue weighted by molar-refractivity contribution is 5.97. The van der Waals surface area contributed by atoms with E-state index in [0.717, 1.165) is 12.8 Å². The highest BCUT2D eigenvalue weighted by atomic mass is 16.1. The van der Waals surface area contributed by atoms with Crippen LogP contribution in [0.1, 0.15) is 40.5 Å². The SMILES string of the molecule is CC(=O)c1ccc(C(=O)NC(CN)C2CC2)cc1. The van der Waals surface area contributed by atoms with Crippen LogP contribution >= 0.6 is 0 Å². The van der Waals surface area contributed by atoms with Gasteiger partial charge < -0.3 is 11.1 Å². The third kappa shape index (κ3) is 2.96. The number of carbonyl (C=O) groups is 2. The molecule has 1 aliphatic carbocycles. The minimum Gasteiger partial charge on any atom is -0.348 e. The van der Waals surface area contributed by atoms with Crippen molar-refractivity contribution in [3.63, 3.8) is 0 Å². The third-order valence-electron chi connectivity index (χ3n) is 3.32. The lowest BCUT2D eigenvalue weighted by atomic mass is 10.1. The maximum atomic E-state index is 12.0. The number of nitrogens with two attached hydrogens (primary N) is 1. The molecule has 0 saturated heterocycles. The molecule has 3 N–H and O–H groups in total. The van der Waals surface area contributed by atoms with E-state index in [0.29, 0.717) is 23.6 Å². The quantitative estimate of drug-likeness (QED) is 0.770. The predicted octanol–water partition coefficient (Wildman–Crippen LogP) is 1.36. The van der Waals surface area contributed by atoms with Gasteiger partial charge in [-0.05, 0) is 37.8 Å². The Balaban J connectivity index is 2.01. The number of Topliss-reactive ketones (excluding diaryl/α,β-unsaturated/α-hetero) is 1. The lowest BCUT2D eigenvalue weighted by Crippen LogP contribution is -2.41. The molecule has 4 heteroatoms. The Kier molecular flexibility index (Phi) is 3.77. The van der Waals surface area contributed by atoms with Crippen LogP contribution < -0.4 is 11.1 Å². The Bertz CT molecular complexity index is 449. The molecule has 1 amide bonds. The molecule has 1 aromatic carbocycles. The van der Waals surface area contributed by atoms with E-state index in [9.17, 15) is 9.59 Å². The van der Waals surface area contributed by atoms with E-state index in [1.54, 1.807) is 24.3 Å². The maximum Gasteiger partial charge on any atom is 0.251 e. The van der Waals surface area contributed by atoms with E-state index in [1.165, 1.54) is 6.92 Å². The molecular formula is C14H18N2O2. The van der Waals surface area contributed by atoms with Gasteiger partial charge >= 0.3 is 0 Å². The smallest absolute Gasteiger partial charge is 0.251 e. The number of hydrogen-bond donors (Lipinski definition) is 2. The molecule has 0 radical (unpaired) electrons. The number of ketones is 1. The van der Waals surface area contributed by atoms with Crippen molar-refractivity contribution in [2.75, 3.05) is 6.54 Å². The summed E-state index contributed by atoms with van der Waals surface area (Å²) in [6.45, 7) is 1.98. The van der Waals surface area contributed by atoms with E-state index >= 15 is 0 Å². The van der Waals surface area contributed by atoms with Gasteiger partial charge in [-0.15, -0.1) is 0 Å². The summed E-state index contributed by atoms with van der Waals surface area (Å²) in [5, 5.41) is 2.94. The van der Waals surface area contributed by atoms with E-state index in [4.69, 9.17) is 5.73 Å². The molecule has 1 aliphatic rings. The van der Waals surface area contributed by atoms with Crippen LogP contribution in [0, 0.1) is 5.92 Å². The molecule has 96 valence electrons. The first-order chi connectivity index (χ1) is 8.61. The fourth-order valence-corrected chi connectivity index (χ4v) is 1.98. The summed E-state index contributed by atoms with van der Waals surface area (Å²) in [5.41, 5.74) is 6.83. The summed E-state index contributed by atoms with van der Waals surface area (Å²) >= 11 is 0. The number of carbonyl (C=O) groups excluding carboxylic acids is 2. The lowest BCUT2D eigenvalue weighted by molar-refractivity contribution is 0.0932. The van der Waals surface area contributed by atoms with Crippen LogP contribution in [0.3, 0.4) is 0 Å². The van der Waals surface area contributed by atoms with Gasteiger partial charge in [-0.1, -0.05) is 12.1 Å². The van der Waals surface area contributed by atoms with Crippen molar-refractivity contribution in [2.45, 2.75) is 25.8 Å². The van der Waals surface area contributed by atoms with Crippen LogP contribution in [0.2, 0.25) is 0 Å². The highest BCUT2D eigenvalue weighted by Crippen LogP contribution is 2.32. The largest absolute Gasteiger partial charge is 0.348 e. The van der Waals surface area contributed by atoms with Crippen molar-refractivity contribution >= 4 is 11.7 Å². The van der Waals surface area contributed by atoms with Crippen LogP contribution in [-0.2, 0) is 0 Å². The normalized spacial score (nSPS) is 16.1. The molecule has 4 nitrogen and oxygen atoms in total. The fourth-order valence-electron chi connectivity index (χ4n) is 1.98. The molecule has 1 fully saturated rings. The minimum atomic E-state index is -0.118. The first-order valence-corrected chi connectivity index (χ1v) is 6.23. The summed E-state index contributed by atoms with van der Waals surface area (Å²) in [4.78, 5) is 23.1. The molecule has 0 aliphatic heterocycles. The summed E-state index contributed by atoms with van der Waals surface area (Å²) in [6, 6.07) is 6.77. The second-order valence-corrected chi connectivity index (χ2v) is 4.79. The summed E-state index contributed by atoms with van der Waals surface area (Å²) in [6.07, 6.45) is 2.29. The molecule has 0 spiro atoms. The van der Waals surface area contributed by atoms with Crippen molar-refractivity contribution in [3.05, 3.63) is 35.4 Å². The average Bonchev–Trinajstić information content (AvgIpc) is 3.20. The number of nitrogens with one attached hydrogen (secondary N) is 1. The first-order valence-electron chi connectivity index (χ1n) is 6.23. The zero-order valence-corrected chi connectivity index (χ0v) is 10.5. The van der Waals surface area contributed by atoms with Gasteiger partial charge in [0.25, 0.3) is 5.91 Å². The van der Waals surface area contributed by atoms with Crippen molar-refractivity contribution in [1.82, 2.24) is 5.32 Å². The van der Waals surface area contributed by atoms with Gasteiger partial charge in [0, 0.05) is 23.7 Å². The van der Waals surface area contributed by atoms with Crippen molar-refractivity contribution in [3.8, 4) is 0 Å². The van der Waals surface area contributed by atoms with Crippen LogP contribution in [0.15, 0.2) is 24.3 Å². The topological polar surface area (TPSA) is 72.2 Å². The Morgan fingerprint density at radius 1 is 1.28 bits per heavy atom. The molecule has 2 rings (SSSR count). The summed E-state index contributed by atoms with van der Waals surface area (Å²) in [7, 11) is 0. The summed E-state index contributed by atoms with van der Waals surface area (Å²) < 4.78 is 0. The number of rotatable bonds is 5. The first kappa shape index (κ1) is 12.8. The van der Waals surface area contributed by atoms with Gasteiger partial charge in [0.2, 0.25) is 0 Å². The number of amides is 1. The molecule has 0 aromatic heterocycles. The van der Waals surface area contributed by atoms with E-state index in [-0.39, 0.29) is 17.7 Å². The minimum absolute atomic E-state index is 0.000210. The lowest BCUT2D eigenvalue weighted by Gasteiger charge is -2.16. The van der Waals surface area contributed by atoms with Crippen LogP contribution in [0.25, 0.3) is 0 Å². The second kappa shape index (κ2) is 5.31. The fraction of sp³-hybridized carbons (Fsp3) is 0.429. The van der Waals surface area contributed by atoms with Crippen LogP contribution in [0.5, 0.6) is 0 Å². The zero-order valence-electron chi connectivity index (χ0n) is 10.5. The monoisotopic (exact) mass is 246 g/mol. The van der Waals surface area contributed by atoms with E-state index in [1.807, 2.05) is 0 Å². The Morgan fingerprint density at radius 2 is 1.83 bits per heavy atom.